The van der Waals surface area contributed by atoms with Crippen LogP contribution in [0, 0.1) is 11.6 Å². The van der Waals surface area contributed by atoms with Crippen LogP contribution in [-0.2, 0) is 19.1 Å². The van der Waals surface area contributed by atoms with E-state index in [9.17, 15) is 18.4 Å². The average Bonchev–Trinajstić information content (AvgIpc) is 2.73. The van der Waals surface area contributed by atoms with E-state index in [1.165, 1.54) is 44.6 Å². The van der Waals surface area contributed by atoms with Gasteiger partial charge in [-0.25, -0.2) is 18.4 Å². The molecule has 0 radical (unpaired) electrons. The fraction of sp³-hybridized carbons (Fsp3) is 0.100. The molecule has 2 aromatic rings. The first kappa shape index (κ1) is 25.8. The largest absolute Gasteiger partial charge is 0.466 e. The first-order valence-electron chi connectivity index (χ1n) is 7.87. The number of hydrogen-bond acceptors (Lipinski definition) is 6. The number of carbonyl (C=O) groups excluding carboxylic acids is 2. The Bertz CT molecular complexity index is 853. The summed E-state index contributed by atoms with van der Waals surface area (Å²) in [5, 5.41) is 0. The molecular formula is C20H21BrF2N2O4. The van der Waals surface area contributed by atoms with Gasteiger partial charge in [-0.1, -0.05) is 24.8 Å². The number of carbonyl (C=O) groups is 2. The molecule has 0 fully saturated rings. The van der Waals surface area contributed by atoms with E-state index in [1.807, 2.05) is 0 Å². The number of ether oxygens (including phenoxy) is 2. The molecule has 0 aromatic heterocycles. The van der Waals surface area contributed by atoms with E-state index in [1.54, 1.807) is 18.2 Å². The Hall–Kier alpha value is -3.20. The molecule has 4 N–H and O–H groups in total. The molecule has 0 aliphatic carbocycles. The minimum Gasteiger partial charge on any atom is -0.466 e. The Kier molecular flexibility index (Phi) is 12.4. The van der Waals surface area contributed by atoms with E-state index in [0.29, 0.717) is 10.0 Å². The number of esters is 2. The highest BCUT2D eigenvalue weighted by Crippen LogP contribution is 2.20. The van der Waals surface area contributed by atoms with Gasteiger partial charge in [0.2, 0.25) is 0 Å². The lowest BCUT2D eigenvalue weighted by molar-refractivity contribution is -0.135. The second-order valence-electron chi connectivity index (χ2n) is 4.96. The molecule has 0 amide bonds. The molecule has 29 heavy (non-hydrogen) atoms. The zero-order valence-corrected chi connectivity index (χ0v) is 17.4. The van der Waals surface area contributed by atoms with Gasteiger partial charge in [0.1, 0.15) is 11.6 Å². The summed E-state index contributed by atoms with van der Waals surface area (Å²) in [7, 11) is 2.58. The highest BCUT2D eigenvalue weighted by Gasteiger charge is 2.01. The van der Waals surface area contributed by atoms with Gasteiger partial charge < -0.3 is 20.9 Å². The van der Waals surface area contributed by atoms with Gasteiger partial charge in [-0.3, -0.25) is 0 Å². The standard InChI is InChI=1S/C10H10FNO2.C6H5BrFN.C4H6O2/c1-14-9(13)6-5-7-3-2-4-8(11)10(7)12;7-4-2-1-3-5(8)6(4)9;1-3-4(5)6-2/h2-6H,12H2,1H3;1-3H,9H2;3H,1H2,2H3/b6-5+;;. The van der Waals surface area contributed by atoms with Gasteiger partial charge in [0.15, 0.2) is 0 Å². The molecule has 0 saturated carbocycles. The topological polar surface area (TPSA) is 105 Å². The third-order valence-corrected chi connectivity index (χ3v) is 3.75. The fourth-order valence-electron chi connectivity index (χ4n) is 1.52. The van der Waals surface area contributed by atoms with Gasteiger partial charge >= 0.3 is 11.9 Å². The zero-order chi connectivity index (χ0) is 22.4. The molecule has 0 bridgehead atoms. The monoisotopic (exact) mass is 470 g/mol. The summed E-state index contributed by atoms with van der Waals surface area (Å²) in [4.78, 5) is 20.6. The van der Waals surface area contributed by atoms with Crippen LogP contribution in [0.25, 0.3) is 6.08 Å². The molecule has 0 atom stereocenters. The van der Waals surface area contributed by atoms with Crippen LogP contribution in [0.2, 0.25) is 0 Å². The van der Waals surface area contributed by atoms with Crippen molar-refractivity contribution in [3.05, 3.63) is 76.8 Å². The molecule has 0 spiro atoms. The smallest absolute Gasteiger partial charge is 0.330 e. The molecule has 0 heterocycles. The predicted molar refractivity (Wildman–Crippen MR) is 113 cm³/mol. The Morgan fingerprint density at radius 2 is 1.48 bits per heavy atom. The van der Waals surface area contributed by atoms with E-state index in [0.717, 1.165) is 6.08 Å². The number of anilines is 2. The van der Waals surface area contributed by atoms with Crippen LogP contribution in [-0.4, -0.2) is 26.2 Å². The molecule has 156 valence electrons. The summed E-state index contributed by atoms with van der Waals surface area (Å²) in [6.07, 6.45) is 3.70. The highest BCUT2D eigenvalue weighted by molar-refractivity contribution is 9.10. The van der Waals surface area contributed by atoms with Gasteiger partial charge in [0, 0.05) is 22.2 Å². The Morgan fingerprint density at radius 3 is 1.90 bits per heavy atom. The van der Waals surface area contributed by atoms with Crippen LogP contribution in [0.3, 0.4) is 0 Å². The summed E-state index contributed by atoms with van der Waals surface area (Å²) in [6, 6.07) is 8.99. The maximum atomic E-state index is 12.9. The zero-order valence-electron chi connectivity index (χ0n) is 15.8. The lowest BCUT2D eigenvalue weighted by Gasteiger charge is -2.00. The Morgan fingerprint density at radius 1 is 0.966 bits per heavy atom. The third kappa shape index (κ3) is 10.1. The van der Waals surface area contributed by atoms with E-state index < -0.39 is 17.8 Å². The number of rotatable bonds is 3. The van der Waals surface area contributed by atoms with Crippen molar-refractivity contribution >= 4 is 45.3 Å². The van der Waals surface area contributed by atoms with Crippen LogP contribution in [0.5, 0.6) is 0 Å². The van der Waals surface area contributed by atoms with Gasteiger partial charge in [0.25, 0.3) is 0 Å². The van der Waals surface area contributed by atoms with Crippen molar-refractivity contribution in [3.8, 4) is 0 Å². The minimum atomic E-state index is -0.506. The van der Waals surface area contributed by atoms with E-state index in [4.69, 9.17) is 11.5 Å². The van der Waals surface area contributed by atoms with Crippen LogP contribution < -0.4 is 11.5 Å². The summed E-state index contributed by atoms with van der Waals surface area (Å²) in [5.41, 5.74) is 11.3. The lowest BCUT2D eigenvalue weighted by atomic mass is 10.1. The van der Waals surface area contributed by atoms with Crippen molar-refractivity contribution in [3.63, 3.8) is 0 Å². The number of hydrogen-bond donors (Lipinski definition) is 2. The molecule has 2 rings (SSSR count). The molecule has 0 aliphatic rings. The quantitative estimate of drug-likeness (QED) is 0.397. The molecular weight excluding hydrogens is 450 g/mol. The SMILES string of the molecule is C=CC(=O)OC.COC(=O)/C=C/c1cccc(F)c1N.Nc1c(F)cccc1Br. The summed E-state index contributed by atoms with van der Waals surface area (Å²) in [6.45, 7) is 3.16. The molecule has 9 heteroatoms. The number of para-hydroxylation sites is 2. The second kappa shape index (κ2) is 13.9. The Labute approximate surface area is 175 Å². The summed E-state index contributed by atoms with van der Waals surface area (Å²) in [5.74, 6) is -1.79. The van der Waals surface area contributed by atoms with Gasteiger partial charge in [0.05, 0.1) is 25.6 Å². The van der Waals surface area contributed by atoms with Gasteiger partial charge in [-0.2, -0.15) is 0 Å². The molecule has 2 aromatic carbocycles. The highest BCUT2D eigenvalue weighted by atomic mass is 79.9. The van der Waals surface area contributed by atoms with Gasteiger partial charge in [-0.15, -0.1) is 0 Å². The fourth-order valence-corrected chi connectivity index (χ4v) is 1.86. The molecule has 0 unspecified atom stereocenters. The maximum absolute atomic E-state index is 12.9. The molecule has 0 saturated heterocycles. The maximum Gasteiger partial charge on any atom is 0.330 e. The van der Waals surface area contributed by atoms with Crippen molar-refractivity contribution in [2.75, 3.05) is 25.7 Å². The first-order valence-corrected chi connectivity index (χ1v) is 8.67. The van der Waals surface area contributed by atoms with Crippen LogP contribution >= 0.6 is 15.9 Å². The lowest BCUT2D eigenvalue weighted by Crippen LogP contribution is -1.96. The number of benzene rings is 2. The average molecular weight is 471 g/mol. The van der Waals surface area contributed by atoms with Crippen LogP contribution in [0.15, 0.2) is 59.6 Å². The van der Waals surface area contributed by atoms with E-state index >= 15 is 0 Å². The van der Waals surface area contributed by atoms with Crippen LogP contribution in [0.1, 0.15) is 5.56 Å². The third-order valence-electron chi connectivity index (χ3n) is 3.05. The minimum absolute atomic E-state index is 0.0210. The van der Waals surface area contributed by atoms with Crippen molar-refractivity contribution in [1.82, 2.24) is 0 Å². The summed E-state index contributed by atoms with van der Waals surface area (Å²) < 4.78 is 34.5. The van der Waals surface area contributed by atoms with Crippen LogP contribution in [0.4, 0.5) is 20.2 Å². The van der Waals surface area contributed by atoms with Crippen molar-refractivity contribution in [2.45, 2.75) is 0 Å². The summed E-state index contributed by atoms with van der Waals surface area (Å²) >= 11 is 3.08. The first-order chi connectivity index (χ1) is 13.7. The van der Waals surface area contributed by atoms with Gasteiger partial charge in [-0.05, 0) is 40.2 Å². The normalized spacial score (nSPS) is 9.41. The predicted octanol–water partition coefficient (Wildman–Crippen LogP) is 4.11. The number of methoxy groups -OCH3 is 2. The molecule has 0 aliphatic heterocycles. The Balaban J connectivity index is 0.000000448. The number of halogens is 3. The molecule has 6 nitrogen and oxygen atoms in total. The number of nitrogen functional groups attached to an aromatic ring is 2. The van der Waals surface area contributed by atoms with Crippen molar-refractivity contribution in [2.24, 2.45) is 0 Å². The second-order valence-corrected chi connectivity index (χ2v) is 5.82. The number of nitrogens with two attached hydrogens (primary N) is 2. The van der Waals surface area contributed by atoms with E-state index in [-0.39, 0.29) is 17.2 Å². The van der Waals surface area contributed by atoms with Crippen molar-refractivity contribution in [1.29, 1.82) is 0 Å². The van der Waals surface area contributed by atoms with E-state index in [2.05, 4.69) is 32.0 Å². The van der Waals surface area contributed by atoms with Crippen molar-refractivity contribution < 1.29 is 27.8 Å².